The SMILES string of the molecule is CC(C)(C)n1ccc(C(=O)N2CC3CCC2CN(Cc2ccc(F)cc2)C3)c1. The number of nitrogens with zero attached hydrogens (tertiary/aromatic N) is 3. The first-order valence-corrected chi connectivity index (χ1v) is 10.3. The van der Waals surface area contributed by atoms with Crippen LogP contribution in [0.25, 0.3) is 0 Å². The molecule has 2 atom stereocenters. The van der Waals surface area contributed by atoms with Crippen LogP contribution in [0.1, 0.15) is 49.5 Å². The third-order valence-corrected chi connectivity index (χ3v) is 6.08. The van der Waals surface area contributed by atoms with Crippen molar-refractivity contribution in [2.24, 2.45) is 5.92 Å². The van der Waals surface area contributed by atoms with Crippen molar-refractivity contribution in [3.05, 3.63) is 59.7 Å². The second-order valence-corrected chi connectivity index (χ2v) is 9.35. The van der Waals surface area contributed by atoms with E-state index < -0.39 is 0 Å². The average molecular weight is 384 g/mol. The molecule has 0 saturated carbocycles. The molecule has 2 bridgehead atoms. The summed E-state index contributed by atoms with van der Waals surface area (Å²) >= 11 is 0. The molecule has 0 N–H and O–H groups in total. The van der Waals surface area contributed by atoms with E-state index in [2.05, 4.69) is 35.1 Å². The van der Waals surface area contributed by atoms with Gasteiger partial charge in [0.15, 0.2) is 0 Å². The molecule has 3 saturated heterocycles. The number of aromatic nitrogens is 1. The summed E-state index contributed by atoms with van der Waals surface area (Å²) in [6.45, 7) is 9.97. The van der Waals surface area contributed by atoms with Crippen LogP contribution >= 0.6 is 0 Å². The molecule has 2 aromatic rings. The highest BCUT2D eigenvalue weighted by Gasteiger charge is 2.37. The van der Waals surface area contributed by atoms with Crippen LogP contribution in [0.4, 0.5) is 4.39 Å². The van der Waals surface area contributed by atoms with E-state index in [1.807, 2.05) is 30.6 Å². The van der Waals surface area contributed by atoms with Crippen molar-refractivity contribution < 1.29 is 9.18 Å². The molecule has 0 radical (unpaired) electrons. The molecule has 5 rings (SSSR count). The standard InChI is InChI=1S/C23H30FN3O/c1-23(2,3)26-11-10-19(15-26)22(28)27-14-18-6-9-21(27)16-25(13-18)12-17-4-7-20(24)8-5-17/h4-5,7-8,10-11,15,18,21H,6,9,12-14,16H2,1-3H3. The van der Waals surface area contributed by atoms with Gasteiger partial charge in [-0.1, -0.05) is 12.1 Å². The number of carbonyl (C=O) groups excluding carboxylic acids is 1. The molecule has 0 spiro atoms. The lowest BCUT2D eigenvalue weighted by molar-refractivity contribution is 0.0584. The Kier molecular flexibility index (Phi) is 5.04. The maximum atomic E-state index is 13.2. The van der Waals surface area contributed by atoms with Crippen molar-refractivity contribution in [2.45, 2.75) is 51.7 Å². The maximum Gasteiger partial charge on any atom is 0.255 e. The van der Waals surface area contributed by atoms with E-state index in [0.717, 1.165) is 43.7 Å². The summed E-state index contributed by atoms with van der Waals surface area (Å²) < 4.78 is 15.3. The summed E-state index contributed by atoms with van der Waals surface area (Å²) in [5.41, 5.74) is 1.89. The Morgan fingerprint density at radius 3 is 2.50 bits per heavy atom. The lowest BCUT2D eigenvalue weighted by atomic mass is 9.94. The van der Waals surface area contributed by atoms with E-state index in [9.17, 15) is 9.18 Å². The minimum atomic E-state index is -0.196. The Labute approximate surface area is 166 Å². The van der Waals surface area contributed by atoms with Crippen LogP contribution in [0.5, 0.6) is 0 Å². The summed E-state index contributed by atoms with van der Waals surface area (Å²) in [7, 11) is 0. The van der Waals surface area contributed by atoms with E-state index >= 15 is 0 Å². The second kappa shape index (κ2) is 7.36. The van der Waals surface area contributed by atoms with Crippen molar-refractivity contribution in [3.63, 3.8) is 0 Å². The smallest absolute Gasteiger partial charge is 0.255 e. The quantitative estimate of drug-likeness (QED) is 0.798. The van der Waals surface area contributed by atoms with Crippen molar-refractivity contribution in [2.75, 3.05) is 19.6 Å². The fourth-order valence-corrected chi connectivity index (χ4v) is 4.51. The Morgan fingerprint density at radius 1 is 1.07 bits per heavy atom. The van der Waals surface area contributed by atoms with Crippen LogP contribution in [0.3, 0.4) is 0 Å². The molecule has 1 aromatic carbocycles. The molecule has 28 heavy (non-hydrogen) atoms. The third-order valence-electron chi connectivity index (χ3n) is 6.08. The summed E-state index contributed by atoms with van der Waals surface area (Å²) in [5, 5.41) is 0. The number of amides is 1. The van der Waals surface area contributed by atoms with Crippen molar-refractivity contribution in [1.29, 1.82) is 0 Å². The first-order valence-electron chi connectivity index (χ1n) is 10.3. The summed E-state index contributed by atoms with van der Waals surface area (Å²) in [6.07, 6.45) is 6.23. The highest BCUT2D eigenvalue weighted by Crippen LogP contribution is 2.30. The second-order valence-electron chi connectivity index (χ2n) is 9.35. The van der Waals surface area contributed by atoms with Gasteiger partial charge in [0.25, 0.3) is 5.91 Å². The van der Waals surface area contributed by atoms with E-state index in [4.69, 9.17) is 0 Å². The van der Waals surface area contributed by atoms with E-state index in [-0.39, 0.29) is 23.3 Å². The molecule has 4 nitrogen and oxygen atoms in total. The Hall–Kier alpha value is -2.14. The Bertz CT molecular complexity index is 836. The molecule has 1 amide bonds. The van der Waals surface area contributed by atoms with Crippen molar-refractivity contribution >= 4 is 5.91 Å². The highest BCUT2D eigenvalue weighted by molar-refractivity contribution is 5.94. The van der Waals surface area contributed by atoms with E-state index in [1.54, 1.807) is 0 Å². The van der Waals surface area contributed by atoms with Crippen LogP contribution in [-0.2, 0) is 12.1 Å². The first kappa shape index (κ1) is 19.2. The normalized spacial score (nSPS) is 23.1. The van der Waals surface area contributed by atoms with Gasteiger partial charge in [0.2, 0.25) is 0 Å². The highest BCUT2D eigenvalue weighted by atomic mass is 19.1. The molecular formula is C23H30FN3O. The molecule has 5 heteroatoms. The minimum Gasteiger partial charge on any atom is -0.348 e. The molecule has 4 heterocycles. The van der Waals surface area contributed by atoms with E-state index in [1.165, 1.54) is 18.6 Å². The van der Waals surface area contributed by atoms with Crippen molar-refractivity contribution in [1.82, 2.24) is 14.4 Å². The molecule has 3 aliphatic rings. The molecule has 150 valence electrons. The van der Waals surface area contributed by atoms with Crippen LogP contribution < -0.4 is 0 Å². The number of piperidine rings is 1. The number of hydrogen-bond acceptors (Lipinski definition) is 2. The topological polar surface area (TPSA) is 28.5 Å². The van der Waals surface area contributed by atoms with Gasteiger partial charge < -0.3 is 9.47 Å². The zero-order valence-corrected chi connectivity index (χ0v) is 17.1. The average Bonchev–Trinajstić information content (AvgIpc) is 3.00. The molecular weight excluding hydrogens is 353 g/mol. The number of fused-ring (bicyclic) bond motifs is 4. The van der Waals surface area contributed by atoms with Gasteiger partial charge in [-0.05, 0) is 63.3 Å². The van der Waals surface area contributed by atoms with Gasteiger partial charge in [0.05, 0.1) is 5.56 Å². The van der Waals surface area contributed by atoms with Crippen LogP contribution in [0.15, 0.2) is 42.7 Å². The van der Waals surface area contributed by atoms with Gasteiger partial charge >= 0.3 is 0 Å². The summed E-state index contributed by atoms with van der Waals surface area (Å²) in [5.74, 6) is 0.466. The lowest BCUT2D eigenvalue weighted by Gasteiger charge is -2.36. The fourth-order valence-electron chi connectivity index (χ4n) is 4.51. The van der Waals surface area contributed by atoms with Gasteiger partial charge in [-0.25, -0.2) is 4.39 Å². The predicted octanol–water partition coefficient (Wildman–Crippen LogP) is 4.12. The number of halogens is 1. The summed E-state index contributed by atoms with van der Waals surface area (Å²) in [6, 6.07) is 8.97. The minimum absolute atomic E-state index is 0.0255. The third kappa shape index (κ3) is 4.00. The summed E-state index contributed by atoms with van der Waals surface area (Å²) in [4.78, 5) is 17.8. The van der Waals surface area contributed by atoms with Gasteiger partial charge in [-0.15, -0.1) is 0 Å². The zero-order valence-electron chi connectivity index (χ0n) is 17.1. The molecule has 3 fully saturated rings. The van der Waals surface area contributed by atoms with Gasteiger partial charge in [-0.3, -0.25) is 9.69 Å². The largest absolute Gasteiger partial charge is 0.348 e. The Morgan fingerprint density at radius 2 is 1.82 bits per heavy atom. The Balaban J connectivity index is 1.48. The first-order chi connectivity index (χ1) is 13.3. The fraction of sp³-hybridized carbons (Fsp3) is 0.522. The van der Waals surface area contributed by atoms with Crippen LogP contribution in [0, 0.1) is 11.7 Å². The monoisotopic (exact) mass is 383 g/mol. The molecule has 2 unspecified atom stereocenters. The lowest BCUT2D eigenvalue weighted by Crippen LogP contribution is -2.47. The van der Waals surface area contributed by atoms with Crippen LogP contribution in [-0.4, -0.2) is 46.0 Å². The zero-order chi connectivity index (χ0) is 19.9. The number of benzene rings is 1. The molecule has 1 aromatic heterocycles. The van der Waals surface area contributed by atoms with Crippen molar-refractivity contribution in [3.8, 4) is 0 Å². The van der Waals surface area contributed by atoms with E-state index in [0.29, 0.717) is 5.92 Å². The van der Waals surface area contributed by atoms with Gasteiger partial charge in [0.1, 0.15) is 5.82 Å². The number of rotatable bonds is 3. The maximum absolute atomic E-state index is 13.2. The number of carbonyl (C=O) groups is 1. The van der Waals surface area contributed by atoms with Gasteiger partial charge in [0, 0.05) is 50.2 Å². The number of hydrogen-bond donors (Lipinski definition) is 0. The molecule has 3 aliphatic heterocycles. The predicted molar refractivity (Wildman–Crippen MR) is 109 cm³/mol. The molecule has 0 aliphatic carbocycles. The van der Waals surface area contributed by atoms with Gasteiger partial charge in [-0.2, -0.15) is 0 Å². The van der Waals surface area contributed by atoms with Crippen LogP contribution in [0.2, 0.25) is 0 Å².